The van der Waals surface area contributed by atoms with Gasteiger partial charge < -0.3 is 11.1 Å². The summed E-state index contributed by atoms with van der Waals surface area (Å²) in [5, 5.41) is 3.87. The lowest BCUT2D eigenvalue weighted by Gasteiger charge is -2.20. The summed E-state index contributed by atoms with van der Waals surface area (Å²) in [6, 6.07) is 13.1. The van der Waals surface area contributed by atoms with Crippen molar-refractivity contribution in [1.82, 2.24) is 5.32 Å². The number of amides is 1. The Morgan fingerprint density at radius 3 is 2.48 bits per heavy atom. The number of anilines is 1. The Labute approximate surface area is 147 Å². The third-order valence-corrected chi connectivity index (χ3v) is 4.37. The second kappa shape index (κ2) is 7.24. The van der Waals surface area contributed by atoms with Gasteiger partial charge in [0, 0.05) is 16.3 Å². The number of benzene rings is 2. The Bertz CT molecular complexity index is 697. The molecule has 2 aromatic carbocycles. The molecule has 5 heteroatoms. The van der Waals surface area contributed by atoms with E-state index in [9.17, 15) is 4.79 Å². The molecule has 1 aliphatic carbocycles. The number of aryl methyl sites for hydroxylation is 1. The molecule has 1 atom stereocenters. The first kappa shape index (κ1) is 17.6. The van der Waals surface area contributed by atoms with Crippen LogP contribution in [-0.4, -0.2) is 5.91 Å². The molecule has 23 heavy (non-hydrogen) atoms. The van der Waals surface area contributed by atoms with Crippen LogP contribution < -0.4 is 11.1 Å². The summed E-state index contributed by atoms with van der Waals surface area (Å²) < 4.78 is 0. The fourth-order valence-electron chi connectivity index (χ4n) is 2.68. The monoisotopic (exact) mass is 350 g/mol. The van der Waals surface area contributed by atoms with Crippen molar-refractivity contribution in [3.8, 4) is 0 Å². The predicted octanol–water partition coefficient (Wildman–Crippen LogP) is 4.53. The van der Waals surface area contributed by atoms with Crippen molar-refractivity contribution in [3.05, 3.63) is 64.2 Å². The standard InChI is InChI=1S/C18H19ClN2O.ClH/c1-11-2-9-15(20)10-16(11)18(22)21-17(12-3-4-12)13-5-7-14(19)8-6-13;/h2,5-10,12,17H,3-4,20H2,1H3,(H,21,22);1H. The van der Waals surface area contributed by atoms with Gasteiger partial charge in [-0.05, 0) is 61.1 Å². The van der Waals surface area contributed by atoms with Gasteiger partial charge in [0.1, 0.15) is 0 Å². The first-order valence-corrected chi connectivity index (χ1v) is 7.85. The summed E-state index contributed by atoms with van der Waals surface area (Å²) in [6.45, 7) is 1.92. The lowest BCUT2D eigenvalue weighted by molar-refractivity contribution is 0.0931. The zero-order valence-corrected chi connectivity index (χ0v) is 14.5. The average Bonchev–Trinajstić information content (AvgIpc) is 3.33. The maximum atomic E-state index is 12.6. The Morgan fingerprint density at radius 1 is 1.22 bits per heavy atom. The summed E-state index contributed by atoms with van der Waals surface area (Å²) in [7, 11) is 0. The zero-order valence-electron chi connectivity index (χ0n) is 12.9. The van der Waals surface area contributed by atoms with Crippen molar-refractivity contribution in [2.45, 2.75) is 25.8 Å². The largest absolute Gasteiger partial charge is 0.399 e. The number of hydrogen-bond donors (Lipinski definition) is 2. The van der Waals surface area contributed by atoms with E-state index >= 15 is 0 Å². The fraction of sp³-hybridized carbons (Fsp3) is 0.278. The Morgan fingerprint density at radius 2 is 1.87 bits per heavy atom. The van der Waals surface area contributed by atoms with Crippen molar-refractivity contribution in [3.63, 3.8) is 0 Å². The molecular weight excluding hydrogens is 331 g/mol. The van der Waals surface area contributed by atoms with Crippen LogP contribution >= 0.6 is 24.0 Å². The van der Waals surface area contributed by atoms with Gasteiger partial charge in [-0.3, -0.25) is 4.79 Å². The lowest BCUT2D eigenvalue weighted by Crippen LogP contribution is -2.30. The molecule has 3 N–H and O–H groups in total. The fourth-order valence-corrected chi connectivity index (χ4v) is 2.80. The molecule has 1 amide bonds. The molecule has 3 nitrogen and oxygen atoms in total. The van der Waals surface area contributed by atoms with E-state index in [1.807, 2.05) is 43.3 Å². The number of nitrogens with one attached hydrogen (secondary N) is 1. The zero-order chi connectivity index (χ0) is 15.7. The minimum Gasteiger partial charge on any atom is -0.399 e. The van der Waals surface area contributed by atoms with Crippen molar-refractivity contribution in [1.29, 1.82) is 0 Å². The van der Waals surface area contributed by atoms with E-state index in [1.165, 1.54) is 0 Å². The number of carbonyl (C=O) groups is 1. The summed E-state index contributed by atoms with van der Waals surface area (Å²) >= 11 is 5.95. The van der Waals surface area contributed by atoms with Crippen molar-refractivity contribution >= 4 is 35.6 Å². The maximum absolute atomic E-state index is 12.6. The highest BCUT2D eigenvalue weighted by atomic mass is 35.5. The highest BCUT2D eigenvalue weighted by Gasteiger charge is 2.33. The van der Waals surface area contributed by atoms with Crippen LogP contribution in [0.2, 0.25) is 5.02 Å². The van der Waals surface area contributed by atoms with E-state index in [0.29, 0.717) is 22.2 Å². The normalized spacial score (nSPS) is 14.7. The van der Waals surface area contributed by atoms with Crippen molar-refractivity contribution in [2.24, 2.45) is 5.92 Å². The number of nitrogens with two attached hydrogens (primary N) is 1. The van der Waals surface area contributed by atoms with E-state index in [1.54, 1.807) is 6.07 Å². The highest BCUT2D eigenvalue weighted by Crippen LogP contribution is 2.41. The van der Waals surface area contributed by atoms with E-state index in [4.69, 9.17) is 17.3 Å². The van der Waals surface area contributed by atoms with Gasteiger partial charge in [0.25, 0.3) is 5.91 Å². The lowest BCUT2D eigenvalue weighted by atomic mass is 10.0. The van der Waals surface area contributed by atoms with Crippen LogP contribution in [0.5, 0.6) is 0 Å². The molecule has 1 aliphatic rings. The molecule has 1 saturated carbocycles. The molecule has 0 aliphatic heterocycles. The summed E-state index contributed by atoms with van der Waals surface area (Å²) in [4.78, 5) is 12.6. The van der Waals surface area contributed by atoms with Crippen molar-refractivity contribution in [2.75, 3.05) is 5.73 Å². The minimum atomic E-state index is -0.0725. The van der Waals surface area contributed by atoms with E-state index in [-0.39, 0.29) is 24.4 Å². The molecule has 0 saturated heterocycles. The van der Waals surface area contributed by atoms with Gasteiger partial charge >= 0.3 is 0 Å². The van der Waals surface area contributed by atoms with E-state index in [0.717, 1.165) is 24.0 Å². The Hall–Kier alpha value is -1.71. The second-order valence-corrected chi connectivity index (χ2v) is 6.35. The van der Waals surface area contributed by atoms with Crippen LogP contribution in [0.3, 0.4) is 0 Å². The van der Waals surface area contributed by atoms with Crippen LogP contribution in [-0.2, 0) is 0 Å². The Balaban J connectivity index is 0.00000192. The molecule has 1 unspecified atom stereocenters. The Kier molecular flexibility index (Phi) is 5.55. The highest BCUT2D eigenvalue weighted by molar-refractivity contribution is 6.30. The molecule has 0 spiro atoms. The third kappa shape index (κ3) is 4.18. The first-order valence-electron chi connectivity index (χ1n) is 7.47. The first-order chi connectivity index (χ1) is 10.5. The molecule has 3 rings (SSSR count). The van der Waals surface area contributed by atoms with E-state index in [2.05, 4.69) is 5.32 Å². The smallest absolute Gasteiger partial charge is 0.252 e. The second-order valence-electron chi connectivity index (χ2n) is 5.91. The van der Waals surface area contributed by atoms with E-state index < -0.39 is 0 Å². The van der Waals surface area contributed by atoms with Gasteiger partial charge in [0.2, 0.25) is 0 Å². The van der Waals surface area contributed by atoms with Gasteiger partial charge in [-0.15, -0.1) is 12.4 Å². The van der Waals surface area contributed by atoms with Gasteiger partial charge in [-0.2, -0.15) is 0 Å². The number of carbonyl (C=O) groups excluding carboxylic acids is 1. The van der Waals surface area contributed by atoms with Gasteiger partial charge in [0.15, 0.2) is 0 Å². The molecule has 0 aromatic heterocycles. The van der Waals surface area contributed by atoms with Crippen LogP contribution in [0, 0.1) is 12.8 Å². The molecule has 122 valence electrons. The molecule has 0 bridgehead atoms. The summed E-state index contributed by atoms with van der Waals surface area (Å²) in [5.74, 6) is 0.433. The molecule has 0 heterocycles. The molecule has 1 fully saturated rings. The quantitative estimate of drug-likeness (QED) is 0.795. The van der Waals surface area contributed by atoms with Gasteiger partial charge in [-0.1, -0.05) is 29.8 Å². The van der Waals surface area contributed by atoms with Crippen LogP contribution in [0.1, 0.15) is 40.4 Å². The van der Waals surface area contributed by atoms with Crippen molar-refractivity contribution < 1.29 is 4.79 Å². The number of halogens is 2. The number of rotatable bonds is 4. The number of hydrogen-bond acceptors (Lipinski definition) is 2. The summed E-state index contributed by atoms with van der Waals surface area (Å²) in [5.41, 5.74) is 9.07. The van der Waals surface area contributed by atoms with Crippen LogP contribution in [0.25, 0.3) is 0 Å². The van der Waals surface area contributed by atoms with Gasteiger partial charge in [0.05, 0.1) is 6.04 Å². The van der Waals surface area contributed by atoms with Crippen LogP contribution in [0.15, 0.2) is 42.5 Å². The summed E-state index contributed by atoms with van der Waals surface area (Å²) in [6.07, 6.45) is 2.28. The third-order valence-electron chi connectivity index (χ3n) is 4.12. The average molecular weight is 351 g/mol. The minimum absolute atomic E-state index is 0. The molecule has 0 radical (unpaired) electrons. The molecule has 2 aromatic rings. The predicted molar refractivity (Wildman–Crippen MR) is 97.2 cm³/mol. The topological polar surface area (TPSA) is 55.1 Å². The molecular formula is C18H20Cl2N2O. The van der Waals surface area contributed by atoms with Crippen LogP contribution in [0.4, 0.5) is 5.69 Å². The number of nitrogen functional groups attached to an aromatic ring is 1. The SMILES string of the molecule is Cc1ccc(N)cc1C(=O)NC(c1ccc(Cl)cc1)C1CC1.Cl. The maximum Gasteiger partial charge on any atom is 0.252 e. The van der Waals surface area contributed by atoms with Gasteiger partial charge in [-0.25, -0.2) is 0 Å².